The Balaban J connectivity index is 1.86. The smallest absolute Gasteiger partial charge is 0.233 e. The van der Waals surface area contributed by atoms with Crippen LogP contribution in [0.2, 0.25) is 0 Å². The maximum Gasteiger partial charge on any atom is 0.233 e. The van der Waals surface area contributed by atoms with E-state index in [9.17, 15) is 4.79 Å². The van der Waals surface area contributed by atoms with Crippen LogP contribution >= 0.6 is 11.8 Å². The van der Waals surface area contributed by atoms with E-state index in [2.05, 4.69) is 21.9 Å². The maximum atomic E-state index is 12.0. The molecule has 1 saturated heterocycles. The number of thioether (sulfide) groups is 1. The number of piperazine rings is 1. The maximum absolute atomic E-state index is 12.0. The van der Waals surface area contributed by atoms with Gasteiger partial charge < -0.3 is 21.3 Å². The molecule has 2 heterocycles. The first kappa shape index (κ1) is 13.9. The predicted molar refractivity (Wildman–Crippen MR) is 75.7 cm³/mol. The molecule has 7 nitrogen and oxygen atoms in total. The lowest BCUT2D eigenvalue weighted by molar-refractivity contribution is -0.129. The first-order chi connectivity index (χ1) is 9.04. The molecule has 4 N–H and O–H groups in total. The minimum absolute atomic E-state index is 0.0997. The molecule has 8 heteroatoms. The molecule has 0 radical (unpaired) electrons. The van der Waals surface area contributed by atoms with E-state index in [4.69, 9.17) is 11.5 Å². The highest BCUT2D eigenvalue weighted by molar-refractivity contribution is 7.99. The Morgan fingerprint density at radius 1 is 1.26 bits per heavy atom. The van der Waals surface area contributed by atoms with Gasteiger partial charge >= 0.3 is 0 Å². The molecule has 1 fully saturated rings. The van der Waals surface area contributed by atoms with E-state index in [1.807, 2.05) is 4.90 Å². The molecule has 0 aromatic carbocycles. The minimum atomic E-state index is 0.0997. The monoisotopic (exact) mass is 282 g/mol. The van der Waals surface area contributed by atoms with E-state index < -0.39 is 0 Å². The van der Waals surface area contributed by atoms with Crippen molar-refractivity contribution in [1.82, 2.24) is 19.8 Å². The molecule has 104 valence electrons. The number of carbonyl (C=O) groups is 1. The Morgan fingerprint density at radius 2 is 1.84 bits per heavy atom. The molecule has 0 atom stereocenters. The summed E-state index contributed by atoms with van der Waals surface area (Å²) in [4.78, 5) is 24.2. The number of anilines is 2. The lowest BCUT2D eigenvalue weighted by Crippen LogP contribution is -2.47. The minimum Gasteiger partial charge on any atom is -0.383 e. The summed E-state index contributed by atoms with van der Waals surface area (Å²) >= 11 is 1.26. The van der Waals surface area contributed by atoms with Gasteiger partial charge in [0.15, 0.2) is 5.16 Å². The van der Waals surface area contributed by atoms with E-state index in [0.29, 0.717) is 22.5 Å². The fraction of sp³-hybridized carbons (Fsp3) is 0.545. The third-order valence-corrected chi connectivity index (χ3v) is 3.76. The van der Waals surface area contributed by atoms with Crippen molar-refractivity contribution >= 4 is 29.3 Å². The first-order valence-corrected chi connectivity index (χ1v) is 7.02. The Morgan fingerprint density at radius 3 is 2.42 bits per heavy atom. The number of nitrogens with zero attached hydrogens (tertiary/aromatic N) is 4. The van der Waals surface area contributed by atoms with E-state index in [1.54, 1.807) is 0 Å². The Hall–Kier alpha value is -1.54. The van der Waals surface area contributed by atoms with Gasteiger partial charge in [-0.25, -0.2) is 9.97 Å². The van der Waals surface area contributed by atoms with Crippen LogP contribution in [-0.4, -0.2) is 64.7 Å². The molecule has 0 unspecified atom stereocenters. The third kappa shape index (κ3) is 3.97. The lowest BCUT2D eigenvalue weighted by Gasteiger charge is -2.32. The zero-order valence-electron chi connectivity index (χ0n) is 10.9. The van der Waals surface area contributed by atoms with Gasteiger partial charge in [0.1, 0.15) is 11.6 Å². The average Bonchev–Trinajstić information content (AvgIpc) is 2.36. The van der Waals surface area contributed by atoms with Crippen LogP contribution in [0.15, 0.2) is 11.2 Å². The van der Waals surface area contributed by atoms with Crippen molar-refractivity contribution in [2.45, 2.75) is 5.16 Å². The van der Waals surface area contributed by atoms with Gasteiger partial charge in [0.05, 0.1) is 5.75 Å². The number of hydrogen-bond acceptors (Lipinski definition) is 7. The fourth-order valence-corrected chi connectivity index (χ4v) is 2.57. The number of carbonyl (C=O) groups excluding carboxylic acids is 1. The molecule has 1 aliphatic heterocycles. The summed E-state index contributed by atoms with van der Waals surface area (Å²) in [7, 11) is 2.06. The summed E-state index contributed by atoms with van der Waals surface area (Å²) in [6, 6.07) is 1.49. The quantitative estimate of drug-likeness (QED) is 0.569. The molecule has 0 saturated carbocycles. The highest BCUT2D eigenvalue weighted by Crippen LogP contribution is 2.17. The molecule has 1 aromatic heterocycles. The topological polar surface area (TPSA) is 101 Å². The molecule has 0 aliphatic carbocycles. The number of likely N-dealkylation sites (N-methyl/N-ethyl adjacent to an activating group) is 1. The fourth-order valence-electron chi connectivity index (χ4n) is 1.80. The molecule has 19 heavy (non-hydrogen) atoms. The van der Waals surface area contributed by atoms with Crippen molar-refractivity contribution in [2.75, 3.05) is 50.4 Å². The summed E-state index contributed by atoms with van der Waals surface area (Å²) in [5.41, 5.74) is 11.2. The van der Waals surface area contributed by atoms with Crippen molar-refractivity contribution in [1.29, 1.82) is 0 Å². The predicted octanol–water partition coefficient (Wildman–Crippen LogP) is -0.493. The number of rotatable bonds is 3. The standard InChI is InChI=1S/C11H18N6OS/c1-16-2-4-17(5-3-16)10(18)7-19-11-14-8(12)6-9(13)15-11/h6H,2-5,7H2,1H3,(H4,12,13,14,15). The highest BCUT2D eigenvalue weighted by Gasteiger charge is 2.19. The Kier molecular flexibility index (Phi) is 4.43. The van der Waals surface area contributed by atoms with Gasteiger partial charge in [-0.3, -0.25) is 4.79 Å². The van der Waals surface area contributed by atoms with Crippen LogP contribution in [-0.2, 0) is 4.79 Å². The van der Waals surface area contributed by atoms with Crippen molar-refractivity contribution in [3.63, 3.8) is 0 Å². The SMILES string of the molecule is CN1CCN(C(=O)CSc2nc(N)cc(N)n2)CC1. The number of amides is 1. The number of nitrogens with two attached hydrogens (primary N) is 2. The van der Waals surface area contributed by atoms with Gasteiger partial charge in [0, 0.05) is 32.2 Å². The van der Waals surface area contributed by atoms with Crippen molar-refractivity contribution in [2.24, 2.45) is 0 Å². The molecule has 1 aliphatic rings. The molecular weight excluding hydrogens is 264 g/mol. The van der Waals surface area contributed by atoms with E-state index in [1.165, 1.54) is 17.8 Å². The summed E-state index contributed by atoms with van der Waals surface area (Å²) in [6.07, 6.45) is 0. The molecule has 1 amide bonds. The molecule has 0 bridgehead atoms. The molecule has 1 aromatic rings. The number of hydrogen-bond donors (Lipinski definition) is 2. The van der Waals surface area contributed by atoms with Crippen LogP contribution in [0.25, 0.3) is 0 Å². The Bertz CT molecular complexity index is 440. The van der Waals surface area contributed by atoms with Gasteiger partial charge in [-0.05, 0) is 7.05 Å². The average molecular weight is 282 g/mol. The summed E-state index contributed by atoms with van der Waals surface area (Å²) in [5.74, 6) is 1.05. The second-order valence-electron chi connectivity index (χ2n) is 4.47. The number of aromatic nitrogens is 2. The Labute approximate surface area is 116 Å². The van der Waals surface area contributed by atoms with Crippen LogP contribution in [0.4, 0.5) is 11.6 Å². The highest BCUT2D eigenvalue weighted by atomic mass is 32.2. The van der Waals surface area contributed by atoms with Gasteiger partial charge in [-0.1, -0.05) is 11.8 Å². The van der Waals surface area contributed by atoms with E-state index in [0.717, 1.165) is 26.2 Å². The van der Waals surface area contributed by atoms with Crippen LogP contribution < -0.4 is 11.5 Å². The van der Waals surface area contributed by atoms with Crippen molar-refractivity contribution in [3.8, 4) is 0 Å². The largest absolute Gasteiger partial charge is 0.383 e. The number of nitrogen functional groups attached to an aromatic ring is 2. The normalized spacial score (nSPS) is 16.6. The summed E-state index contributed by atoms with van der Waals surface area (Å²) in [5, 5.41) is 0.444. The van der Waals surface area contributed by atoms with Gasteiger partial charge in [-0.2, -0.15) is 0 Å². The zero-order valence-corrected chi connectivity index (χ0v) is 11.7. The second-order valence-corrected chi connectivity index (χ2v) is 5.42. The molecular formula is C11H18N6OS. The van der Waals surface area contributed by atoms with Crippen molar-refractivity contribution < 1.29 is 4.79 Å². The third-order valence-electron chi connectivity index (χ3n) is 2.93. The van der Waals surface area contributed by atoms with Crippen molar-refractivity contribution in [3.05, 3.63) is 6.07 Å². The summed E-state index contributed by atoms with van der Waals surface area (Å²) < 4.78 is 0. The first-order valence-electron chi connectivity index (χ1n) is 6.04. The van der Waals surface area contributed by atoms with Crippen LogP contribution in [0.5, 0.6) is 0 Å². The second kappa shape index (κ2) is 6.07. The van der Waals surface area contributed by atoms with Gasteiger partial charge in [0.2, 0.25) is 5.91 Å². The van der Waals surface area contributed by atoms with E-state index in [-0.39, 0.29) is 5.91 Å². The van der Waals surface area contributed by atoms with Crippen LogP contribution in [0, 0.1) is 0 Å². The van der Waals surface area contributed by atoms with Crippen LogP contribution in [0.3, 0.4) is 0 Å². The lowest BCUT2D eigenvalue weighted by atomic mass is 10.3. The van der Waals surface area contributed by atoms with Crippen LogP contribution in [0.1, 0.15) is 0 Å². The van der Waals surface area contributed by atoms with Gasteiger partial charge in [0.25, 0.3) is 0 Å². The summed E-state index contributed by atoms with van der Waals surface area (Å²) in [6.45, 7) is 3.38. The zero-order chi connectivity index (χ0) is 13.8. The van der Waals surface area contributed by atoms with Gasteiger partial charge in [-0.15, -0.1) is 0 Å². The molecule has 2 rings (SSSR count). The van der Waals surface area contributed by atoms with E-state index >= 15 is 0 Å². The molecule has 0 spiro atoms.